The van der Waals surface area contributed by atoms with Crippen molar-refractivity contribution in [2.45, 2.75) is 13.3 Å². The predicted molar refractivity (Wildman–Crippen MR) is 212 cm³/mol. The average molecular weight is 655 g/mol. The number of allylic oxidation sites excluding steroid dienone is 1. The van der Waals surface area contributed by atoms with Crippen molar-refractivity contribution in [3.05, 3.63) is 187 Å². The van der Waals surface area contributed by atoms with Gasteiger partial charge < -0.3 is 4.42 Å². The fourth-order valence-corrected chi connectivity index (χ4v) is 7.28. The lowest BCUT2D eigenvalue weighted by Crippen LogP contribution is -1.95. The number of aryl methyl sites for hydroxylation is 1. The van der Waals surface area contributed by atoms with Gasteiger partial charge in [0.05, 0.1) is 11.2 Å². The molecule has 0 unspecified atom stereocenters. The van der Waals surface area contributed by atoms with Crippen molar-refractivity contribution in [1.82, 2.24) is 9.97 Å². The van der Waals surface area contributed by atoms with Crippen LogP contribution in [0.25, 0.3) is 83.3 Å². The Morgan fingerprint density at radius 2 is 1.25 bits per heavy atom. The SMILES string of the molecule is C=C(Cc1cccc2c1oc1cc(-c3nc(-c4ccccc4)nc4ccccc34)ccc12)c1ccccc1-c1ccc(-c2ccccc2)cc1C. The number of hydrogen-bond donors (Lipinski definition) is 0. The third kappa shape index (κ3) is 5.59. The number of benzene rings is 7. The lowest BCUT2D eigenvalue weighted by molar-refractivity contribution is 0.665. The highest BCUT2D eigenvalue weighted by Crippen LogP contribution is 2.38. The molecule has 0 saturated heterocycles. The third-order valence-electron chi connectivity index (χ3n) is 9.82. The molecule has 0 aliphatic rings. The van der Waals surface area contributed by atoms with E-state index in [2.05, 4.69) is 129 Å². The molecule has 0 saturated carbocycles. The van der Waals surface area contributed by atoms with Crippen molar-refractivity contribution >= 4 is 38.4 Å². The summed E-state index contributed by atoms with van der Waals surface area (Å²) in [6, 6.07) is 57.0. The molecule has 0 bridgehead atoms. The summed E-state index contributed by atoms with van der Waals surface area (Å²) in [5, 5.41) is 3.19. The largest absolute Gasteiger partial charge is 0.456 e. The van der Waals surface area contributed by atoms with Crippen molar-refractivity contribution < 1.29 is 4.42 Å². The zero-order valence-electron chi connectivity index (χ0n) is 28.3. The van der Waals surface area contributed by atoms with Crippen LogP contribution < -0.4 is 0 Å². The highest BCUT2D eigenvalue weighted by atomic mass is 16.3. The van der Waals surface area contributed by atoms with E-state index in [1.165, 1.54) is 27.8 Å². The maximum atomic E-state index is 6.71. The zero-order chi connectivity index (χ0) is 34.3. The zero-order valence-corrected chi connectivity index (χ0v) is 28.3. The van der Waals surface area contributed by atoms with Crippen LogP contribution in [0.3, 0.4) is 0 Å². The summed E-state index contributed by atoms with van der Waals surface area (Å²) >= 11 is 0. The van der Waals surface area contributed by atoms with E-state index < -0.39 is 0 Å². The standard InChI is InChI=1S/C48H34N2O/c1-31-28-35(33-14-5-3-6-15-33)24-26-39(31)40-20-10-9-19-38(40)32(2)29-37-18-13-22-42-41-27-25-36(30-45(41)51-47(37)42)46-43-21-11-12-23-44(43)49-48(50-46)34-16-7-4-8-17-34/h3-28,30H,2,29H2,1H3. The number of rotatable bonds is 7. The Labute approximate surface area is 297 Å². The summed E-state index contributed by atoms with van der Waals surface area (Å²) in [6.45, 7) is 6.81. The smallest absolute Gasteiger partial charge is 0.160 e. The van der Waals surface area contributed by atoms with Gasteiger partial charge in [-0.3, -0.25) is 0 Å². The van der Waals surface area contributed by atoms with Gasteiger partial charge in [0.2, 0.25) is 0 Å². The molecule has 3 nitrogen and oxygen atoms in total. The lowest BCUT2D eigenvalue weighted by Gasteiger charge is -2.15. The van der Waals surface area contributed by atoms with Crippen molar-refractivity contribution in [1.29, 1.82) is 0 Å². The molecule has 0 amide bonds. The molecule has 2 heterocycles. The first-order valence-electron chi connectivity index (χ1n) is 17.3. The molecule has 2 aromatic heterocycles. The Bertz CT molecular complexity index is 2740. The number of fused-ring (bicyclic) bond motifs is 4. The molecule has 51 heavy (non-hydrogen) atoms. The Hall–Kier alpha value is -6.58. The van der Waals surface area contributed by atoms with E-state index in [9.17, 15) is 0 Å². The Balaban J connectivity index is 1.08. The van der Waals surface area contributed by atoms with Gasteiger partial charge in [0, 0.05) is 33.7 Å². The van der Waals surface area contributed by atoms with E-state index in [1.807, 2.05) is 48.5 Å². The second-order valence-electron chi connectivity index (χ2n) is 13.1. The van der Waals surface area contributed by atoms with Crippen LogP contribution in [0.1, 0.15) is 16.7 Å². The fourth-order valence-electron chi connectivity index (χ4n) is 7.28. The van der Waals surface area contributed by atoms with Crippen LogP contribution in [0.5, 0.6) is 0 Å². The molecule has 3 heteroatoms. The quantitative estimate of drug-likeness (QED) is 0.172. The summed E-state index contributed by atoms with van der Waals surface area (Å²) in [4.78, 5) is 9.98. The van der Waals surface area contributed by atoms with Crippen molar-refractivity contribution in [3.63, 3.8) is 0 Å². The van der Waals surface area contributed by atoms with E-state index in [1.54, 1.807) is 0 Å². The second kappa shape index (κ2) is 12.7. The molecule has 7 aromatic carbocycles. The monoisotopic (exact) mass is 654 g/mol. The van der Waals surface area contributed by atoms with E-state index >= 15 is 0 Å². The number of hydrogen-bond acceptors (Lipinski definition) is 3. The number of nitrogens with zero attached hydrogens (tertiary/aromatic N) is 2. The van der Waals surface area contributed by atoms with Crippen LogP contribution in [0.15, 0.2) is 175 Å². The molecule has 0 atom stereocenters. The van der Waals surface area contributed by atoms with Gasteiger partial charge in [-0.25, -0.2) is 9.97 Å². The first-order chi connectivity index (χ1) is 25.1. The fraction of sp³-hybridized carbons (Fsp3) is 0.0417. The Kier molecular flexibility index (Phi) is 7.59. The minimum Gasteiger partial charge on any atom is -0.456 e. The Morgan fingerprint density at radius 3 is 2.08 bits per heavy atom. The molecule has 0 N–H and O–H groups in total. The van der Waals surface area contributed by atoms with Crippen molar-refractivity contribution in [2.75, 3.05) is 0 Å². The Morgan fingerprint density at radius 1 is 0.549 bits per heavy atom. The van der Waals surface area contributed by atoms with Crippen LogP contribution >= 0.6 is 0 Å². The number of furan rings is 1. The first kappa shape index (κ1) is 30.5. The molecule has 9 aromatic rings. The summed E-state index contributed by atoms with van der Waals surface area (Å²) in [5.74, 6) is 0.706. The summed E-state index contributed by atoms with van der Waals surface area (Å²) in [6.07, 6.45) is 0.666. The van der Waals surface area contributed by atoms with Gasteiger partial charge in [0.1, 0.15) is 11.2 Å². The maximum absolute atomic E-state index is 6.71. The molecular weight excluding hydrogens is 621 g/mol. The van der Waals surface area contributed by atoms with Crippen LogP contribution in [-0.4, -0.2) is 9.97 Å². The highest BCUT2D eigenvalue weighted by Gasteiger charge is 2.17. The second-order valence-corrected chi connectivity index (χ2v) is 13.1. The number of para-hydroxylation sites is 2. The molecule has 0 aliphatic carbocycles. The van der Waals surface area contributed by atoms with Crippen LogP contribution in [0, 0.1) is 6.92 Å². The van der Waals surface area contributed by atoms with Crippen LogP contribution in [0.2, 0.25) is 0 Å². The number of aromatic nitrogens is 2. The molecular formula is C48H34N2O. The summed E-state index contributed by atoms with van der Waals surface area (Å²) < 4.78 is 6.71. The molecule has 0 radical (unpaired) electrons. The average Bonchev–Trinajstić information content (AvgIpc) is 3.57. The maximum Gasteiger partial charge on any atom is 0.160 e. The summed E-state index contributed by atoms with van der Waals surface area (Å²) in [7, 11) is 0. The normalized spacial score (nSPS) is 11.4. The third-order valence-corrected chi connectivity index (χ3v) is 9.82. The molecule has 242 valence electrons. The minimum absolute atomic E-state index is 0.666. The van der Waals surface area contributed by atoms with Gasteiger partial charge in [0.25, 0.3) is 0 Å². The van der Waals surface area contributed by atoms with Crippen LogP contribution in [-0.2, 0) is 6.42 Å². The predicted octanol–water partition coefficient (Wildman–Crippen LogP) is 12.8. The van der Waals surface area contributed by atoms with Gasteiger partial charge in [-0.2, -0.15) is 0 Å². The van der Waals surface area contributed by atoms with Crippen LogP contribution in [0.4, 0.5) is 0 Å². The topological polar surface area (TPSA) is 38.9 Å². The van der Waals surface area contributed by atoms with Crippen molar-refractivity contribution in [3.8, 4) is 44.9 Å². The van der Waals surface area contributed by atoms with Gasteiger partial charge in [-0.05, 0) is 69.6 Å². The molecule has 0 aliphatic heterocycles. The molecule has 0 spiro atoms. The highest BCUT2D eigenvalue weighted by molar-refractivity contribution is 6.08. The van der Waals surface area contributed by atoms with E-state index in [0.29, 0.717) is 12.2 Å². The van der Waals surface area contributed by atoms with E-state index in [-0.39, 0.29) is 0 Å². The summed E-state index contributed by atoms with van der Waals surface area (Å²) in [5.41, 5.74) is 14.9. The van der Waals surface area contributed by atoms with E-state index in [0.717, 1.165) is 66.4 Å². The minimum atomic E-state index is 0.666. The lowest BCUT2D eigenvalue weighted by atomic mass is 9.89. The molecule has 0 fully saturated rings. The van der Waals surface area contributed by atoms with Gasteiger partial charge in [-0.15, -0.1) is 0 Å². The van der Waals surface area contributed by atoms with Gasteiger partial charge in [-0.1, -0.05) is 152 Å². The first-order valence-corrected chi connectivity index (χ1v) is 17.3. The van der Waals surface area contributed by atoms with Gasteiger partial charge >= 0.3 is 0 Å². The van der Waals surface area contributed by atoms with E-state index in [4.69, 9.17) is 14.4 Å². The molecule has 9 rings (SSSR count). The van der Waals surface area contributed by atoms with Gasteiger partial charge in [0.15, 0.2) is 5.82 Å². The van der Waals surface area contributed by atoms with Crippen molar-refractivity contribution in [2.24, 2.45) is 0 Å².